The molecule has 0 aliphatic carbocycles. The van der Waals surface area contributed by atoms with Crippen molar-refractivity contribution in [1.82, 2.24) is 0 Å². The number of rotatable bonds is 4. The van der Waals surface area contributed by atoms with Crippen molar-refractivity contribution in [3.8, 4) is 0 Å². The van der Waals surface area contributed by atoms with E-state index in [-0.39, 0.29) is 10.6 Å². The van der Waals surface area contributed by atoms with Gasteiger partial charge in [0.25, 0.3) is 5.69 Å². The number of ether oxygens (including phenoxy) is 1. The molecule has 1 fully saturated rings. The average Bonchev–Trinajstić information content (AvgIpc) is 2.38. The summed E-state index contributed by atoms with van der Waals surface area (Å²) in [5, 5.41) is 14.1. The van der Waals surface area contributed by atoms with Crippen LogP contribution in [0.3, 0.4) is 0 Å². The van der Waals surface area contributed by atoms with Crippen LogP contribution in [0, 0.1) is 23.0 Å². The summed E-state index contributed by atoms with van der Waals surface area (Å²) in [7, 11) is 0. The molecule has 1 aliphatic rings. The number of hydrogen-bond donors (Lipinski definition) is 1. The summed E-state index contributed by atoms with van der Waals surface area (Å²) in [6.07, 6.45) is 2.11. The van der Waals surface area contributed by atoms with Gasteiger partial charge in [-0.1, -0.05) is 6.07 Å². The number of anilines is 1. The number of nitro groups is 1. The minimum Gasteiger partial charge on any atom is -0.385 e. The first-order valence-electron chi connectivity index (χ1n) is 6.23. The largest absolute Gasteiger partial charge is 0.385 e. The fourth-order valence-electron chi connectivity index (χ4n) is 2.13. The smallest absolute Gasteiger partial charge is 0.274 e. The third-order valence-electron chi connectivity index (χ3n) is 3.34. The highest BCUT2D eigenvalue weighted by molar-refractivity contribution is 5.54. The van der Waals surface area contributed by atoms with E-state index in [4.69, 9.17) is 4.74 Å². The highest BCUT2D eigenvalue weighted by Crippen LogP contribution is 2.23. The fraction of sp³-hybridized carbons (Fsp3) is 0.538. The quantitative estimate of drug-likeness (QED) is 0.659. The zero-order chi connectivity index (χ0) is 13.0. The third kappa shape index (κ3) is 3.20. The summed E-state index contributed by atoms with van der Waals surface area (Å²) in [6.45, 7) is 4.24. The van der Waals surface area contributed by atoms with E-state index in [1.165, 1.54) is 0 Å². The van der Waals surface area contributed by atoms with Gasteiger partial charge in [-0.3, -0.25) is 10.1 Å². The summed E-state index contributed by atoms with van der Waals surface area (Å²) >= 11 is 0. The Hall–Kier alpha value is -1.62. The van der Waals surface area contributed by atoms with Gasteiger partial charge in [0.05, 0.1) is 4.92 Å². The van der Waals surface area contributed by atoms with Crippen molar-refractivity contribution in [1.29, 1.82) is 0 Å². The lowest BCUT2D eigenvalue weighted by atomic mass is 10.0. The van der Waals surface area contributed by atoms with Crippen LogP contribution in [0.5, 0.6) is 0 Å². The maximum absolute atomic E-state index is 10.8. The summed E-state index contributed by atoms with van der Waals surface area (Å²) < 4.78 is 5.30. The van der Waals surface area contributed by atoms with Gasteiger partial charge in [0, 0.05) is 37.1 Å². The Morgan fingerprint density at radius 2 is 2.17 bits per heavy atom. The minimum atomic E-state index is -0.338. The molecule has 0 bridgehead atoms. The van der Waals surface area contributed by atoms with E-state index in [1.807, 2.05) is 6.07 Å². The van der Waals surface area contributed by atoms with Crippen LogP contribution < -0.4 is 5.32 Å². The number of aryl methyl sites for hydroxylation is 1. The molecule has 0 aromatic heterocycles. The van der Waals surface area contributed by atoms with Crippen molar-refractivity contribution < 1.29 is 9.66 Å². The average molecular weight is 250 g/mol. The van der Waals surface area contributed by atoms with Crippen LogP contribution >= 0.6 is 0 Å². The molecule has 1 aromatic carbocycles. The van der Waals surface area contributed by atoms with Crippen LogP contribution in [0.25, 0.3) is 0 Å². The molecule has 2 rings (SSSR count). The maximum atomic E-state index is 10.8. The molecule has 5 nitrogen and oxygen atoms in total. The van der Waals surface area contributed by atoms with Crippen LogP contribution in [0.15, 0.2) is 18.2 Å². The van der Waals surface area contributed by atoms with Crippen LogP contribution in [0.4, 0.5) is 11.4 Å². The Morgan fingerprint density at radius 3 is 2.83 bits per heavy atom. The molecule has 98 valence electrons. The Kier molecular flexibility index (Phi) is 4.15. The topological polar surface area (TPSA) is 64.4 Å². The van der Waals surface area contributed by atoms with Crippen molar-refractivity contribution >= 4 is 11.4 Å². The minimum absolute atomic E-state index is 0.173. The Balaban J connectivity index is 1.96. The highest BCUT2D eigenvalue weighted by atomic mass is 16.6. The molecule has 0 atom stereocenters. The second kappa shape index (κ2) is 5.82. The van der Waals surface area contributed by atoms with Gasteiger partial charge < -0.3 is 10.1 Å². The zero-order valence-electron chi connectivity index (χ0n) is 10.5. The van der Waals surface area contributed by atoms with Gasteiger partial charge in [0.2, 0.25) is 0 Å². The van der Waals surface area contributed by atoms with Crippen LogP contribution in [0.1, 0.15) is 18.4 Å². The molecule has 0 spiro atoms. The van der Waals surface area contributed by atoms with E-state index < -0.39 is 0 Å². The van der Waals surface area contributed by atoms with E-state index in [2.05, 4.69) is 5.32 Å². The first-order valence-corrected chi connectivity index (χ1v) is 6.23. The van der Waals surface area contributed by atoms with Crippen LogP contribution in [-0.2, 0) is 4.74 Å². The number of nitrogens with one attached hydrogen (secondary N) is 1. The molecule has 0 radical (unpaired) electrons. The van der Waals surface area contributed by atoms with Gasteiger partial charge in [-0.2, -0.15) is 0 Å². The lowest BCUT2D eigenvalue weighted by Gasteiger charge is -2.22. The lowest BCUT2D eigenvalue weighted by molar-refractivity contribution is -0.385. The van der Waals surface area contributed by atoms with E-state index in [0.29, 0.717) is 11.5 Å². The first kappa shape index (κ1) is 12.8. The Labute approximate surface area is 106 Å². The summed E-state index contributed by atoms with van der Waals surface area (Å²) in [6, 6.07) is 5.28. The van der Waals surface area contributed by atoms with Gasteiger partial charge in [0.1, 0.15) is 0 Å². The monoisotopic (exact) mass is 250 g/mol. The van der Waals surface area contributed by atoms with Crippen LogP contribution in [0.2, 0.25) is 0 Å². The predicted octanol–water partition coefficient (Wildman–Crippen LogP) is 2.74. The van der Waals surface area contributed by atoms with Crippen molar-refractivity contribution in [3.05, 3.63) is 33.9 Å². The van der Waals surface area contributed by atoms with Crippen molar-refractivity contribution in [2.45, 2.75) is 19.8 Å². The van der Waals surface area contributed by atoms with Gasteiger partial charge in [-0.15, -0.1) is 0 Å². The van der Waals surface area contributed by atoms with E-state index >= 15 is 0 Å². The standard InChI is InChI=1S/C13H18N2O3/c1-10-2-3-12(8-13(10)15(16)17)14-9-11-4-6-18-7-5-11/h2-3,8,11,14H,4-7,9H2,1H3. The second-order valence-corrected chi connectivity index (χ2v) is 4.70. The van der Waals surface area contributed by atoms with Gasteiger partial charge in [0.15, 0.2) is 0 Å². The zero-order valence-corrected chi connectivity index (χ0v) is 10.5. The summed E-state index contributed by atoms with van der Waals surface area (Å²) in [5.74, 6) is 0.596. The van der Waals surface area contributed by atoms with Crippen molar-refractivity contribution in [2.75, 3.05) is 25.1 Å². The molecular formula is C13H18N2O3. The van der Waals surface area contributed by atoms with Gasteiger partial charge in [-0.05, 0) is 31.7 Å². The van der Waals surface area contributed by atoms with E-state index in [1.54, 1.807) is 19.1 Å². The van der Waals surface area contributed by atoms with Crippen LogP contribution in [-0.4, -0.2) is 24.7 Å². The SMILES string of the molecule is Cc1ccc(NCC2CCOCC2)cc1[N+](=O)[O-]. The number of nitrogens with zero attached hydrogens (tertiary/aromatic N) is 1. The molecule has 1 heterocycles. The summed E-state index contributed by atoms with van der Waals surface area (Å²) in [5.41, 5.74) is 1.68. The normalized spacial score (nSPS) is 16.5. The van der Waals surface area contributed by atoms with Crippen molar-refractivity contribution in [3.63, 3.8) is 0 Å². The highest BCUT2D eigenvalue weighted by Gasteiger charge is 2.15. The second-order valence-electron chi connectivity index (χ2n) is 4.70. The van der Waals surface area contributed by atoms with E-state index in [9.17, 15) is 10.1 Å². The molecule has 1 N–H and O–H groups in total. The number of nitro benzene ring substituents is 1. The maximum Gasteiger partial charge on any atom is 0.274 e. The predicted molar refractivity (Wildman–Crippen MR) is 69.9 cm³/mol. The molecule has 18 heavy (non-hydrogen) atoms. The van der Waals surface area contributed by atoms with E-state index in [0.717, 1.165) is 38.3 Å². The van der Waals surface area contributed by atoms with Gasteiger partial charge >= 0.3 is 0 Å². The Bertz CT molecular complexity index is 428. The molecular weight excluding hydrogens is 232 g/mol. The van der Waals surface area contributed by atoms with Crippen molar-refractivity contribution in [2.24, 2.45) is 5.92 Å². The first-order chi connectivity index (χ1) is 8.66. The Morgan fingerprint density at radius 1 is 1.44 bits per heavy atom. The molecule has 1 saturated heterocycles. The fourth-order valence-corrected chi connectivity index (χ4v) is 2.13. The molecule has 0 unspecified atom stereocenters. The molecule has 0 saturated carbocycles. The third-order valence-corrected chi connectivity index (χ3v) is 3.34. The molecule has 1 aliphatic heterocycles. The molecule has 5 heteroatoms. The molecule has 1 aromatic rings. The number of hydrogen-bond acceptors (Lipinski definition) is 4. The summed E-state index contributed by atoms with van der Waals surface area (Å²) in [4.78, 5) is 10.5. The molecule has 0 amide bonds. The van der Waals surface area contributed by atoms with Gasteiger partial charge in [-0.25, -0.2) is 0 Å². The lowest BCUT2D eigenvalue weighted by Crippen LogP contribution is -2.22. The number of benzene rings is 1.